The average molecular weight is 307 g/mol. The van der Waals surface area contributed by atoms with E-state index < -0.39 is 11.8 Å². The molecule has 0 aliphatic rings. The fourth-order valence-electron chi connectivity index (χ4n) is 1.22. The summed E-state index contributed by atoms with van der Waals surface area (Å²) in [6.45, 7) is 2.00. The number of hydrogen-bond acceptors (Lipinski definition) is 9. The van der Waals surface area contributed by atoms with Crippen LogP contribution in [0.4, 0.5) is 5.13 Å². The number of carbonyl (C=O) groups excluding carboxylic acids is 1. The summed E-state index contributed by atoms with van der Waals surface area (Å²) in [5, 5.41) is 24.5. The number of rotatable bonds is 6. The maximum Gasteiger partial charge on any atom is 0.252 e. The van der Waals surface area contributed by atoms with E-state index in [2.05, 4.69) is 20.4 Å². The van der Waals surface area contributed by atoms with Gasteiger partial charge in [0.25, 0.3) is 5.13 Å². The number of carbonyl (C=O) groups is 1. The molecular formula is C11H9N5O2S2. The van der Waals surface area contributed by atoms with E-state index in [4.69, 9.17) is 9.68 Å². The van der Waals surface area contributed by atoms with E-state index in [0.717, 1.165) is 10.1 Å². The fourth-order valence-corrected chi connectivity index (χ4v) is 2.79. The van der Waals surface area contributed by atoms with Crippen molar-refractivity contribution in [3.63, 3.8) is 0 Å². The van der Waals surface area contributed by atoms with Crippen molar-refractivity contribution in [1.29, 1.82) is 5.26 Å². The first kappa shape index (κ1) is 14.4. The highest BCUT2D eigenvalue weighted by Gasteiger charge is 2.21. The van der Waals surface area contributed by atoms with Gasteiger partial charge in [0.05, 0.1) is 6.26 Å². The van der Waals surface area contributed by atoms with Gasteiger partial charge in [0.2, 0.25) is 11.8 Å². The van der Waals surface area contributed by atoms with Crippen LogP contribution < -0.4 is 0 Å². The molecular weight excluding hydrogens is 298 g/mol. The zero-order chi connectivity index (χ0) is 14.4. The van der Waals surface area contributed by atoms with Crippen LogP contribution in [0.2, 0.25) is 0 Å². The van der Waals surface area contributed by atoms with Crippen LogP contribution >= 0.6 is 23.1 Å². The van der Waals surface area contributed by atoms with Gasteiger partial charge in [0, 0.05) is 0 Å². The zero-order valence-electron chi connectivity index (χ0n) is 10.4. The molecule has 0 saturated heterocycles. The molecule has 0 N–H and O–H groups in total. The van der Waals surface area contributed by atoms with Crippen LogP contribution in [0.1, 0.15) is 17.5 Å². The minimum absolute atomic E-state index is 0.0787. The molecule has 0 saturated carbocycles. The van der Waals surface area contributed by atoms with E-state index in [1.165, 1.54) is 35.4 Å². The van der Waals surface area contributed by atoms with Crippen LogP contribution in [0.3, 0.4) is 0 Å². The highest BCUT2D eigenvalue weighted by Crippen LogP contribution is 2.27. The molecule has 0 amide bonds. The fraction of sp³-hybridized carbons (Fsp3) is 0.273. The van der Waals surface area contributed by atoms with Crippen molar-refractivity contribution in [2.75, 3.05) is 5.75 Å². The number of nitriles is 1. The Balaban J connectivity index is 2.07. The summed E-state index contributed by atoms with van der Waals surface area (Å²) in [6, 6.07) is 3.57. The minimum atomic E-state index is -1.24. The molecule has 1 atom stereocenters. The molecule has 2 heterocycles. The monoisotopic (exact) mass is 307 g/mol. The topological polar surface area (TPSA) is 104 Å². The summed E-state index contributed by atoms with van der Waals surface area (Å²) in [4.78, 5) is 11.9. The van der Waals surface area contributed by atoms with Gasteiger partial charge in [-0.2, -0.15) is 10.4 Å². The third-order valence-electron chi connectivity index (χ3n) is 2.06. The van der Waals surface area contributed by atoms with E-state index in [-0.39, 0.29) is 5.76 Å². The van der Waals surface area contributed by atoms with Gasteiger partial charge >= 0.3 is 0 Å². The lowest BCUT2D eigenvalue weighted by Gasteiger charge is -1.96. The Morgan fingerprint density at radius 3 is 3.15 bits per heavy atom. The molecule has 0 radical (unpaired) electrons. The number of ketones is 1. The van der Waals surface area contributed by atoms with Crippen molar-refractivity contribution in [2.45, 2.75) is 17.3 Å². The third-order valence-corrected chi connectivity index (χ3v) is 3.88. The van der Waals surface area contributed by atoms with Crippen LogP contribution in [0.5, 0.6) is 0 Å². The van der Waals surface area contributed by atoms with E-state index in [9.17, 15) is 4.79 Å². The highest BCUT2D eigenvalue weighted by molar-refractivity contribution is 8.01. The summed E-state index contributed by atoms with van der Waals surface area (Å²) in [7, 11) is 0. The standard InChI is InChI=1S/C11H9N5O2S2/c1-2-19-11-16-15-10(20-11)14-13-7(6-12)9(17)8-4-3-5-18-8/h3-5,7H,2H2,1H3. The first-order valence-electron chi connectivity index (χ1n) is 5.59. The van der Waals surface area contributed by atoms with E-state index in [0.29, 0.717) is 5.13 Å². The maximum absolute atomic E-state index is 11.9. The van der Waals surface area contributed by atoms with Crippen molar-refractivity contribution in [3.8, 4) is 6.07 Å². The van der Waals surface area contributed by atoms with E-state index >= 15 is 0 Å². The van der Waals surface area contributed by atoms with Gasteiger partial charge < -0.3 is 4.42 Å². The molecule has 0 aliphatic heterocycles. The van der Waals surface area contributed by atoms with Crippen molar-refractivity contribution in [3.05, 3.63) is 24.2 Å². The predicted octanol–water partition coefficient (Wildman–Crippen LogP) is 3.10. The molecule has 1 unspecified atom stereocenters. The zero-order valence-corrected chi connectivity index (χ0v) is 12.0. The molecule has 102 valence electrons. The van der Waals surface area contributed by atoms with Crippen LogP contribution in [-0.2, 0) is 0 Å². The van der Waals surface area contributed by atoms with Gasteiger partial charge in [-0.1, -0.05) is 30.0 Å². The molecule has 7 nitrogen and oxygen atoms in total. The summed E-state index contributed by atoms with van der Waals surface area (Å²) < 4.78 is 5.71. The molecule has 0 spiro atoms. The van der Waals surface area contributed by atoms with Crippen LogP contribution in [0, 0.1) is 11.3 Å². The summed E-state index contributed by atoms with van der Waals surface area (Å²) in [5.74, 6) is 0.424. The van der Waals surface area contributed by atoms with Crippen molar-refractivity contribution >= 4 is 34.0 Å². The average Bonchev–Trinajstić information content (AvgIpc) is 3.11. The SMILES string of the molecule is CCSc1nnc(N=NC(C#N)C(=O)c2ccco2)s1. The normalized spacial score (nSPS) is 12.4. The molecule has 9 heteroatoms. The summed E-state index contributed by atoms with van der Waals surface area (Å²) in [6.07, 6.45) is 1.36. The maximum atomic E-state index is 11.9. The minimum Gasteiger partial charge on any atom is -0.461 e. The largest absolute Gasteiger partial charge is 0.461 e. The molecule has 20 heavy (non-hydrogen) atoms. The lowest BCUT2D eigenvalue weighted by molar-refractivity contribution is 0.0952. The Labute approximate surface area is 122 Å². The van der Waals surface area contributed by atoms with E-state index in [1.807, 2.05) is 6.92 Å². The number of hydrogen-bond donors (Lipinski definition) is 0. The van der Waals surface area contributed by atoms with Crippen LogP contribution in [0.15, 0.2) is 37.4 Å². The second-order valence-electron chi connectivity index (χ2n) is 3.37. The predicted molar refractivity (Wildman–Crippen MR) is 73.3 cm³/mol. The molecule has 2 rings (SSSR count). The third kappa shape index (κ3) is 3.49. The van der Waals surface area contributed by atoms with Gasteiger partial charge in [-0.25, -0.2) is 0 Å². The smallest absolute Gasteiger partial charge is 0.252 e. The van der Waals surface area contributed by atoms with Crippen LogP contribution in [0.25, 0.3) is 0 Å². The molecule has 0 bridgehead atoms. The van der Waals surface area contributed by atoms with Crippen molar-refractivity contribution in [2.24, 2.45) is 10.2 Å². The molecule has 2 aromatic rings. The quantitative estimate of drug-likeness (QED) is 0.461. The number of furan rings is 1. The van der Waals surface area contributed by atoms with Crippen molar-refractivity contribution in [1.82, 2.24) is 10.2 Å². The van der Waals surface area contributed by atoms with Crippen LogP contribution in [-0.4, -0.2) is 27.8 Å². The first-order valence-corrected chi connectivity index (χ1v) is 7.39. The number of azo groups is 1. The Hall–Kier alpha value is -2.05. The first-order chi connectivity index (χ1) is 9.74. The van der Waals surface area contributed by atoms with Gasteiger partial charge in [0.1, 0.15) is 6.07 Å². The van der Waals surface area contributed by atoms with E-state index in [1.54, 1.807) is 12.1 Å². The summed E-state index contributed by atoms with van der Waals surface area (Å²) >= 11 is 2.79. The van der Waals surface area contributed by atoms with Gasteiger partial charge in [0.15, 0.2) is 10.1 Å². The number of nitrogens with zero attached hydrogens (tertiary/aromatic N) is 5. The van der Waals surface area contributed by atoms with Crippen molar-refractivity contribution < 1.29 is 9.21 Å². The Morgan fingerprint density at radius 2 is 2.50 bits per heavy atom. The second-order valence-corrected chi connectivity index (χ2v) is 5.84. The van der Waals surface area contributed by atoms with Gasteiger partial charge in [-0.15, -0.1) is 15.3 Å². The molecule has 0 fully saturated rings. The molecule has 2 aromatic heterocycles. The molecule has 0 aromatic carbocycles. The highest BCUT2D eigenvalue weighted by atomic mass is 32.2. The number of aromatic nitrogens is 2. The Bertz CT molecular complexity index is 644. The number of thioether (sulfide) groups is 1. The van der Waals surface area contributed by atoms with Gasteiger partial charge in [-0.3, -0.25) is 4.79 Å². The Kier molecular flexibility index (Phi) is 4.97. The Morgan fingerprint density at radius 1 is 1.65 bits per heavy atom. The number of Topliss-reactive ketones (excluding diaryl/α,β-unsaturated/α-hetero) is 1. The summed E-state index contributed by atoms with van der Waals surface area (Å²) in [5.41, 5.74) is 0. The lowest BCUT2D eigenvalue weighted by atomic mass is 10.2. The second kappa shape index (κ2) is 6.93. The lowest BCUT2D eigenvalue weighted by Crippen LogP contribution is -2.15. The molecule has 0 aliphatic carbocycles. The van der Waals surface area contributed by atoms with Gasteiger partial charge in [-0.05, 0) is 17.9 Å².